The number of nitrogens with zero attached hydrogens (tertiary/aromatic N) is 1. The Morgan fingerprint density at radius 1 is 1.17 bits per heavy atom. The van der Waals surface area contributed by atoms with E-state index in [1.54, 1.807) is 36.4 Å². The topological polar surface area (TPSA) is 86.8 Å². The van der Waals surface area contributed by atoms with E-state index in [4.69, 9.17) is 25.8 Å². The average Bonchev–Trinajstić information content (AvgIpc) is 2.70. The van der Waals surface area contributed by atoms with Gasteiger partial charge in [-0.3, -0.25) is 4.79 Å². The van der Waals surface area contributed by atoms with Gasteiger partial charge in [-0.15, -0.1) is 0 Å². The summed E-state index contributed by atoms with van der Waals surface area (Å²) in [5.41, 5.74) is 1.07. The monoisotopic (exact) mass is 418 g/mol. The molecule has 7 nitrogen and oxygen atoms in total. The summed E-state index contributed by atoms with van der Waals surface area (Å²) in [6, 6.07) is 8.56. The van der Waals surface area contributed by atoms with Crippen LogP contribution in [0.5, 0.6) is 11.5 Å². The number of esters is 1. The SMILES string of the molecule is CCOc1ccc(/C=C/C(=O)O[C@H](C)C(=O)Nc2cccnc2Cl)cc1OCC. The highest BCUT2D eigenvalue weighted by atomic mass is 35.5. The van der Waals surface area contributed by atoms with Crippen LogP contribution < -0.4 is 14.8 Å². The molecule has 2 aromatic rings. The number of nitrogens with one attached hydrogen (secondary N) is 1. The van der Waals surface area contributed by atoms with Crippen molar-refractivity contribution in [1.82, 2.24) is 4.98 Å². The molecule has 0 unspecified atom stereocenters. The van der Waals surface area contributed by atoms with Crippen molar-refractivity contribution in [3.05, 3.63) is 53.3 Å². The van der Waals surface area contributed by atoms with E-state index < -0.39 is 18.0 Å². The molecule has 1 aromatic heterocycles. The van der Waals surface area contributed by atoms with E-state index in [0.717, 1.165) is 5.56 Å². The Hall–Kier alpha value is -3.06. The third-order valence-electron chi connectivity index (χ3n) is 3.66. The number of hydrogen-bond donors (Lipinski definition) is 1. The number of ether oxygens (including phenoxy) is 3. The fourth-order valence-electron chi connectivity index (χ4n) is 2.32. The van der Waals surface area contributed by atoms with E-state index in [1.807, 2.05) is 13.8 Å². The van der Waals surface area contributed by atoms with Crippen LogP contribution in [-0.2, 0) is 14.3 Å². The molecule has 0 fully saturated rings. The molecule has 0 bridgehead atoms. The van der Waals surface area contributed by atoms with E-state index in [2.05, 4.69) is 10.3 Å². The van der Waals surface area contributed by atoms with Crippen LogP contribution in [0.25, 0.3) is 6.08 Å². The van der Waals surface area contributed by atoms with E-state index in [1.165, 1.54) is 19.2 Å². The highest BCUT2D eigenvalue weighted by Gasteiger charge is 2.18. The molecule has 0 radical (unpaired) electrons. The molecule has 154 valence electrons. The van der Waals surface area contributed by atoms with Crippen LogP contribution in [0.1, 0.15) is 26.3 Å². The lowest BCUT2D eigenvalue weighted by atomic mass is 10.2. The summed E-state index contributed by atoms with van der Waals surface area (Å²) in [6.45, 7) is 6.24. The minimum absolute atomic E-state index is 0.153. The predicted octanol–water partition coefficient (Wildman–Crippen LogP) is 4.12. The molecular formula is C21H23ClN2O5. The van der Waals surface area contributed by atoms with Gasteiger partial charge in [0.15, 0.2) is 22.8 Å². The second-order valence-electron chi connectivity index (χ2n) is 5.82. The minimum atomic E-state index is -1.01. The molecule has 1 atom stereocenters. The molecule has 0 aliphatic heterocycles. The Bertz CT molecular complexity index is 885. The maximum absolute atomic E-state index is 12.2. The third kappa shape index (κ3) is 6.80. The Labute approximate surface area is 174 Å². The number of carbonyl (C=O) groups is 2. The fraction of sp³-hybridized carbons (Fsp3) is 0.286. The first-order valence-electron chi connectivity index (χ1n) is 9.14. The standard InChI is InChI=1S/C21H23ClN2O5/c1-4-27-17-10-8-15(13-18(17)28-5-2)9-11-19(25)29-14(3)21(26)24-16-7-6-12-23-20(16)22/h6-14H,4-5H2,1-3H3,(H,24,26)/b11-9+/t14-/m1/s1. The van der Waals surface area contributed by atoms with Crippen LogP contribution >= 0.6 is 11.6 Å². The van der Waals surface area contributed by atoms with Crippen molar-refractivity contribution < 1.29 is 23.8 Å². The van der Waals surface area contributed by atoms with Crippen molar-refractivity contribution in [3.8, 4) is 11.5 Å². The number of amides is 1. The first-order chi connectivity index (χ1) is 13.9. The van der Waals surface area contributed by atoms with Gasteiger partial charge in [0.2, 0.25) is 0 Å². The van der Waals surface area contributed by atoms with Crippen molar-refractivity contribution in [1.29, 1.82) is 0 Å². The van der Waals surface area contributed by atoms with Crippen LogP contribution in [0, 0.1) is 0 Å². The van der Waals surface area contributed by atoms with Gasteiger partial charge >= 0.3 is 5.97 Å². The number of halogens is 1. The van der Waals surface area contributed by atoms with Crippen molar-refractivity contribution in [3.63, 3.8) is 0 Å². The molecule has 0 aliphatic rings. The average molecular weight is 419 g/mol. The van der Waals surface area contributed by atoms with Gasteiger partial charge in [-0.25, -0.2) is 9.78 Å². The van der Waals surface area contributed by atoms with Gasteiger partial charge in [-0.1, -0.05) is 17.7 Å². The van der Waals surface area contributed by atoms with E-state index in [-0.39, 0.29) is 5.15 Å². The molecule has 1 N–H and O–H groups in total. The molecule has 8 heteroatoms. The fourth-order valence-corrected chi connectivity index (χ4v) is 2.48. The zero-order valence-corrected chi connectivity index (χ0v) is 17.2. The maximum atomic E-state index is 12.2. The Morgan fingerprint density at radius 2 is 1.90 bits per heavy atom. The highest BCUT2D eigenvalue weighted by molar-refractivity contribution is 6.32. The van der Waals surface area contributed by atoms with Crippen LogP contribution in [0.4, 0.5) is 5.69 Å². The van der Waals surface area contributed by atoms with E-state index in [9.17, 15) is 9.59 Å². The molecule has 1 amide bonds. The van der Waals surface area contributed by atoms with Gasteiger partial charge in [-0.05, 0) is 56.7 Å². The van der Waals surface area contributed by atoms with Gasteiger partial charge in [0, 0.05) is 12.3 Å². The van der Waals surface area contributed by atoms with Crippen molar-refractivity contribution in [2.75, 3.05) is 18.5 Å². The number of anilines is 1. The maximum Gasteiger partial charge on any atom is 0.331 e. The molecule has 0 saturated heterocycles. The predicted molar refractivity (Wildman–Crippen MR) is 111 cm³/mol. The highest BCUT2D eigenvalue weighted by Crippen LogP contribution is 2.29. The number of pyridine rings is 1. The Kier molecular flexibility index (Phi) is 8.48. The van der Waals surface area contributed by atoms with Crippen molar-refractivity contribution in [2.45, 2.75) is 26.9 Å². The van der Waals surface area contributed by atoms with Gasteiger partial charge in [0.1, 0.15) is 0 Å². The van der Waals surface area contributed by atoms with Gasteiger partial charge < -0.3 is 19.5 Å². The largest absolute Gasteiger partial charge is 0.490 e. The molecule has 29 heavy (non-hydrogen) atoms. The van der Waals surface area contributed by atoms with Gasteiger partial charge in [0.25, 0.3) is 5.91 Å². The van der Waals surface area contributed by atoms with Crippen LogP contribution in [0.2, 0.25) is 5.15 Å². The number of carbonyl (C=O) groups excluding carboxylic acids is 2. The van der Waals surface area contributed by atoms with Crippen LogP contribution in [0.3, 0.4) is 0 Å². The normalized spacial score (nSPS) is 11.7. The lowest BCUT2D eigenvalue weighted by Gasteiger charge is -2.13. The molecule has 0 spiro atoms. The summed E-state index contributed by atoms with van der Waals surface area (Å²) in [7, 11) is 0. The summed E-state index contributed by atoms with van der Waals surface area (Å²) in [4.78, 5) is 28.1. The van der Waals surface area contributed by atoms with Crippen LogP contribution in [-0.4, -0.2) is 36.2 Å². The molecule has 0 aliphatic carbocycles. The summed E-state index contributed by atoms with van der Waals surface area (Å²) in [5.74, 6) is 0.0533. The molecule has 1 aromatic carbocycles. The molecule has 0 saturated carbocycles. The first-order valence-corrected chi connectivity index (χ1v) is 9.52. The third-order valence-corrected chi connectivity index (χ3v) is 3.96. The summed E-state index contributed by atoms with van der Waals surface area (Å²) >= 11 is 5.90. The quantitative estimate of drug-likeness (QED) is 0.374. The molecule has 2 rings (SSSR count). The Balaban J connectivity index is 1.97. The number of hydrogen-bond acceptors (Lipinski definition) is 6. The summed E-state index contributed by atoms with van der Waals surface area (Å²) in [6.07, 6.45) is 3.31. The lowest BCUT2D eigenvalue weighted by Crippen LogP contribution is -2.29. The number of benzene rings is 1. The van der Waals surface area contributed by atoms with Crippen LogP contribution in [0.15, 0.2) is 42.6 Å². The smallest absolute Gasteiger partial charge is 0.331 e. The van der Waals surface area contributed by atoms with E-state index in [0.29, 0.717) is 30.4 Å². The molecular weight excluding hydrogens is 396 g/mol. The zero-order valence-electron chi connectivity index (χ0n) is 16.5. The van der Waals surface area contributed by atoms with Gasteiger partial charge in [-0.2, -0.15) is 0 Å². The van der Waals surface area contributed by atoms with E-state index >= 15 is 0 Å². The van der Waals surface area contributed by atoms with Crippen molar-refractivity contribution >= 4 is 35.2 Å². The number of rotatable bonds is 9. The Morgan fingerprint density at radius 3 is 2.59 bits per heavy atom. The second-order valence-corrected chi connectivity index (χ2v) is 6.17. The molecule has 1 heterocycles. The number of aromatic nitrogens is 1. The van der Waals surface area contributed by atoms with Gasteiger partial charge in [0.05, 0.1) is 18.9 Å². The lowest BCUT2D eigenvalue weighted by molar-refractivity contribution is -0.148. The summed E-state index contributed by atoms with van der Waals surface area (Å²) < 4.78 is 16.2. The summed E-state index contributed by atoms with van der Waals surface area (Å²) in [5, 5.41) is 2.72. The zero-order chi connectivity index (χ0) is 21.2. The van der Waals surface area contributed by atoms with Crippen molar-refractivity contribution in [2.24, 2.45) is 0 Å². The minimum Gasteiger partial charge on any atom is -0.490 e. The first kappa shape index (κ1) is 22.2. The second kappa shape index (κ2) is 11.1.